The molecule has 0 spiro atoms. The fourth-order valence-corrected chi connectivity index (χ4v) is 3.77. The maximum Gasteiger partial charge on any atom is 0.326 e. The van der Waals surface area contributed by atoms with E-state index in [1.165, 1.54) is 0 Å². The number of rotatable bonds is 18. The number of carbonyl (C=O) groups is 5. The Morgan fingerprint density at radius 2 is 1.38 bits per heavy atom. The van der Waals surface area contributed by atoms with Gasteiger partial charge in [-0.1, -0.05) is 0 Å². The predicted octanol–water partition coefficient (Wildman–Crippen LogP) is -0.487. The van der Waals surface area contributed by atoms with Gasteiger partial charge in [-0.2, -0.15) is 0 Å². The van der Waals surface area contributed by atoms with Crippen molar-refractivity contribution >= 4 is 29.8 Å². The smallest absolute Gasteiger partial charge is 0.326 e. The first-order chi connectivity index (χ1) is 19.0. The van der Waals surface area contributed by atoms with Gasteiger partial charge in [-0.25, -0.2) is 24.4 Å². The molecule has 0 unspecified atom stereocenters. The molecule has 0 saturated heterocycles. The van der Waals surface area contributed by atoms with Crippen molar-refractivity contribution in [3.05, 3.63) is 36.4 Å². The number of unbranched alkanes of at least 4 members (excludes halogenated alkanes) is 1. The molecule has 2 aromatic rings. The van der Waals surface area contributed by atoms with Crippen LogP contribution < -0.4 is 16.0 Å². The van der Waals surface area contributed by atoms with Gasteiger partial charge in [-0.15, -0.1) is 0 Å². The molecule has 6 N–H and O–H groups in total. The second-order valence-electron chi connectivity index (χ2n) is 9.23. The van der Waals surface area contributed by atoms with E-state index >= 15 is 0 Å². The van der Waals surface area contributed by atoms with Gasteiger partial charge in [-0.05, 0) is 25.7 Å². The molecular formula is C24H36N8O8. The van der Waals surface area contributed by atoms with Crippen molar-refractivity contribution in [3.8, 4) is 0 Å². The van der Waals surface area contributed by atoms with Crippen molar-refractivity contribution < 1.29 is 39.3 Å². The molecule has 16 nitrogen and oxygen atoms in total. The van der Waals surface area contributed by atoms with Crippen LogP contribution in [0, 0.1) is 0 Å². The molecule has 0 aliphatic heterocycles. The highest BCUT2D eigenvalue weighted by molar-refractivity contribution is 5.86. The average molecular weight is 565 g/mol. The minimum Gasteiger partial charge on any atom is -0.481 e. The summed E-state index contributed by atoms with van der Waals surface area (Å²) < 4.78 is 3.74. The molecule has 220 valence electrons. The number of carboxylic acids is 3. The summed E-state index contributed by atoms with van der Waals surface area (Å²) in [6, 6.07) is -3.80. The van der Waals surface area contributed by atoms with Crippen LogP contribution in [0.2, 0.25) is 0 Å². The minimum absolute atomic E-state index is 0.0376. The Kier molecular flexibility index (Phi) is 12.6. The Labute approximate surface area is 230 Å². The van der Waals surface area contributed by atoms with E-state index in [-0.39, 0.29) is 31.8 Å². The lowest BCUT2D eigenvalue weighted by Crippen LogP contribution is -2.51. The standard InChI is InChI=1S/C24H36N8O8/c1-30-11-9-25-18(30)13-32(14-19-26-10-12-31(19)2)15-20(33)27-8-4-3-5-16(22(36)37)28-24(40)29-17(23(38)39)6-7-21(34)35/h9-12,16-17H,3-8,13-15H2,1-2H3,(H,27,33)(H,34,35)(H,36,37)(H,38,39)(H2,28,29,40)/t16-,17-/m0/s1. The van der Waals surface area contributed by atoms with Crippen LogP contribution in [0.25, 0.3) is 0 Å². The van der Waals surface area contributed by atoms with Gasteiger partial charge in [0.2, 0.25) is 5.91 Å². The zero-order valence-corrected chi connectivity index (χ0v) is 22.4. The number of aromatic nitrogens is 4. The van der Waals surface area contributed by atoms with Crippen molar-refractivity contribution in [2.45, 2.75) is 57.3 Å². The third-order valence-electron chi connectivity index (χ3n) is 6.03. The first-order valence-electron chi connectivity index (χ1n) is 12.6. The summed E-state index contributed by atoms with van der Waals surface area (Å²) in [5, 5.41) is 34.3. The summed E-state index contributed by atoms with van der Waals surface area (Å²) in [6.45, 7) is 1.23. The fourth-order valence-electron chi connectivity index (χ4n) is 3.77. The van der Waals surface area contributed by atoms with Gasteiger partial charge in [0.15, 0.2) is 0 Å². The number of urea groups is 1. The van der Waals surface area contributed by atoms with Crippen LogP contribution in [0.1, 0.15) is 43.8 Å². The number of carbonyl (C=O) groups excluding carboxylic acids is 2. The summed E-state index contributed by atoms with van der Waals surface area (Å²) in [5.74, 6) is -2.62. The van der Waals surface area contributed by atoms with Crippen molar-refractivity contribution in [3.63, 3.8) is 0 Å². The number of nitrogens with zero attached hydrogens (tertiary/aromatic N) is 5. The van der Waals surface area contributed by atoms with Crippen LogP contribution in [-0.4, -0.2) is 94.3 Å². The summed E-state index contributed by atoms with van der Waals surface area (Å²) in [4.78, 5) is 68.7. The second-order valence-corrected chi connectivity index (χ2v) is 9.23. The molecule has 3 amide bonds. The number of aryl methyl sites for hydroxylation is 2. The molecule has 40 heavy (non-hydrogen) atoms. The monoisotopic (exact) mass is 564 g/mol. The molecule has 2 rings (SSSR count). The van der Waals surface area contributed by atoms with Gasteiger partial charge in [-0.3, -0.25) is 14.5 Å². The van der Waals surface area contributed by atoms with Crippen LogP contribution in [0.3, 0.4) is 0 Å². The van der Waals surface area contributed by atoms with Crippen LogP contribution in [0.5, 0.6) is 0 Å². The second kappa shape index (κ2) is 15.8. The lowest BCUT2D eigenvalue weighted by molar-refractivity contribution is -0.140. The number of imidazole rings is 2. The zero-order chi connectivity index (χ0) is 29.7. The largest absolute Gasteiger partial charge is 0.481 e. The van der Waals surface area contributed by atoms with Gasteiger partial charge in [0.25, 0.3) is 0 Å². The van der Waals surface area contributed by atoms with E-state index in [1.54, 1.807) is 12.4 Å². The summed E-state index contributed by atoms with van der Waals surface area (Å²) in [7, 11) is 3.74. The van der Waals surface area contributed by atoms with E-state index in [0.29, 0.717) is 25.9 Å². The van der Waals surface area contributed by atoms with Crippen molar-refractivity contribution in [1.29, 1.82) is 0 Å². The van der Waals surface area contributed by atoms with Crippen molar-refractivity contribution in [1.82, 2.24) is 40.0 Å². The van der Waals surface area contributed by atoms with E-state index in [2.05, 4.69) is 25.9 Å². The van der Waals surface area contributed by atoms with Gasteiger partial charge in [0.1, 0.15) is 23.7 Å². The van der Waals surface area contributed by atoms with Crippen LogP contribution in [0.4, 0.5) is 4.79 Å². The lowest BCUT2D eigenvalue weighted by Gasteiger charge is -2.21. The van der Waals surface area contributed by atoms with Crippen LogP contribution >= 0.6 is 0 Å². The molecule has 2 heterocycles. The third kappa shape index (κ3) is 11.1. The molecular weight excluding hydrogens is 528 g/mol. The number of hydrogen-bond acceptors (Lipinski definition) is 8. The SMILES string of the molecule is Cn1ccnc1CN(CC(=O)NCCCC[C@H](NC(=O)N[C@@H](CCC(=O)O)C(=O)O)C(=O)O)Cc1nccn1C. The number of carboxylic acid groups (broad SMARTS) is 3. The average Bonchev–Trinajstić information content (AvgIpc) is 3.47. The Morgan fingerprint density at radius 3 is 1.82 bits per heavy atom. The third-order valence-corrected chi connectivity index (χ3v) is 6.03. The Hall–Kier alpha value is -4.47. The molecule has 0 aromatic carbocycles. The van der Waals surface area contributed by atoms with E-state index in [1.807, 2.05) is 40.5 Å². The predicted molar refractivity (Wildman–Crippen MR) is 139 cm³/mol. The Morgan fingerprint density at radius 1 is 0.850 bits per heavy atom. The Bertz CT molecular complexity index is 1120. The minimum atomic E-state index is -1.48. The van der Waals surface area contributed by atoms with E-state index in [4.69, 9.17) is 10.2 Å². The molecule has 0 radical (unpaired) electrons. The molecule has 0 aliphatic rings. The maximum absolute atomic E-state index is 12.6. The molecule has 0 fully saturated rings. The number of aliphatic carboxylic acids is 3. The summed E-state index contributed by atoms with van der Waals surface area (Å²) >= 11 is 0. The molecule has 0 aliphatic carbocycles. The van der Waals surface area contributed by atoms with Crippen LogP contribution in [-0.2, 0) is 46.4 Å². The van der Waals surface area contributed by atoms with Crippen molar-refractivity contribution in [2.24, 2.45) is 14.1 Å². The van der Waals surface area contributed by atoms with Gasteiger partial charge >= 0.3 is 23.9 Å². The highest BCUT2D eigenvalue weighted by Gasteiger charge is 2.25. The zero-order valence-electron chi connectivity index (χ0n) is 22.4. The normalized spacial score (nSPS) is 12.5. The Balaban J connectivity index is 1.79. The van der Waals surface area contributed by atoms with Crippen LogP contribution in [0.15, 0.2) is 24.8 Å². The van der Waals surface area contributed by atoms with Gasteiger partial charge < -0.3 is 40.4 Å². The molecule has 2 aromatic heterocycles. The molecule has 2 atom stereocenters. The summed E-state index contributed by atoms with van der Waals surface area (Å²) in [6.07, 6.45) is 7.00. The molecule has 0 saturated carbocycles. The first kappa shape index (κ1) is 31.7. The first-order valence-corrected chi connectivity index (χ1v) is 12.6. The molecule has 16 heteroatoms. The van der Waals surface area contributed by atoms with Gasteiger partial charge in [0.05, 0.1) is 19.6 Å². The van der Waals surface area contributed by atoms with Gasteiger partial charge in [0, 0.05) is 51.8 Å². The highest BCUT2D eigenvalue weighted by Crippen LogP contribution is 2.08. The topological polar surface area (TPSA) is 221 Å². The summed E-state index contributed by atoms with van der Waals surface area (Å²) in [5.41, 5.74) is 0. The van der Waals surface area contributed by atoms with Crippen molar-refractivity contribution in [2.75, 3.05) is 13.1 Å². The fraction of sp³-hybridized carbons (Fsp3) is 0.542. The molecule has 0 bridgehead atoms. The van der Waals surface area contributed by atoms with E-state index in [9.17, 15) is 29.1 Å². The highest BCUT2D eigenvalue weighted by atomic mass is 16.4. The number of amides is 3. The number of hydrogen-bond donors (Lipinski definition) is 6. The quantitative estimate of drug-likeness (QED) is 0.127. The lowest BCUT2D eigenvalue weighted by atomic mass is 10.1. The van der Waals surface area contributed by atoms with E-state index < -0.39 is 42.4 Å². The number of nitrogens with one attached hydrogen (secondary N) is 3. The maximum atomic E-state index is 12.6. The van der Waals surface area contributed by atoms with E-state index in [0.717, 1.165) is 11.6 Å².